The van der Waals surface area contributed by atoms with E-state index in [4.69, 9.17) is 5.73 Å². The number of rotatable bonds is 5. The lowest BCUT2D eigenvalue weighted by Crippen LogP contribution is -2.45. The van der Waals surface area contributed by atoms with Crippen LogP contribution >= 0.6 is 0 Å². The zero-order valence-electron chi connectivity index (χ0n) is 11.9. The van der Waals surface area contributed by atoms with E-state index < -0.39 is 10.0 Å². The van der Waals surface area contributed by atoms with Gasteiger partial charge in [0.1, 0.15) is 0 Å². The maximum absolute atomic E-state index is 12.6. The number of sulfonamides is 1. The van der Waals surface area contributed by atoms with Gasteiger partial charge in [-0.3, -0.25) is 0 Å². The molecular formula is C15H24N2O2S. The Morgan fingerprint density at radius 3 is 2.60 bits per heavy atom. The fraction of sp³-hybridized carbons (Fsp3) is 0.600. The van der Waals surface area contributed by atoms with E-state index in [-0.39, 0.29) is 11.8 Å². The molecule has 20 heavy (non-hydrogen) atoms. The van der Waals surface area contributed by atoms with E-state index in [9.17, 15) is 8.42 Å². The Balaban J connectivity index is 2.04. The fourth-order valence-electron chi connectivity index (χ4n) is 2.76. The minimum Gasteiger partial charge on any atom is -0.329 e. The number of benzene rings is 1. The lowest BCUT2D eigenvalue weighted by molar-refractivity contribution is 0.328. The Kier molecular flexibility index (Phi) is 5.57. The van der Waals surface area contributed by atoms with Crippen LogP contribution < -0.4 is 5.73 Å². The van der Waals surface area contributed by atoms with Gasteiger partial charge >= 0.3 is 0 Å². The van der Waals surface area contributed by atoms with Gasteiger partial charge in [0.05, 0.1) is 5.75 Å². The van der Waals surface area contributed by atoms with Gasteiger partial charge in [-0.15, -0.1) is 0 Å². The van der Waals surface area contributed by atoms with Crippen molar-refractivity contribution in [2.75, 3.05) is 18.8 Å². The van der Waals surface area contributed by atoms with Gasteiger partial charge in [0.25, 0.3) is 0 Å². The first-order chi connectivity index (χ1) is 9.63. The second-order valence-electron chi connectivity index (χ2n) is 5.40. The largest absolute Gasteiger partial charge is 0.329 e. The maximum atomic E-state index is 12.6. The zero-order valence-corrected chi connectivity index (χ0v) is 12.7. The summed E-state index contributed by atoms with van der Waals surface area (Å²) in [6.07, 6.45) is 4.58. The summed E-state index contributed by atoms with van der Waals surface area (Å²) in [4.78, 5) is 0. The Hall–Kier alpha value is -0.910. The van der Waals surface area contributed by atoms with E-state index in [1.807, 2.05) is 30.3 Å². The van der Waals surface area contributed by atoms with Crippen LogP contribution in [-0.2, 0) is 16.4 Å². The van der Waals surface area contributed by atoms with Crippen LogP contribution in [0.2, 0.25) is 0 Å². The molecule has 1 atom stereocenters. The second-order valence-corrected chi connectivity index (χ2v) is 7.44. The summed E-state index contributed by atoms with van der Waals surface area (Å²) in [6.45, 7) is 1.05. The quantitative estimate of drug-likeness (QED) is 0.900. The fourth-order valence-corrected chi connectivity index (χ4v) is 4.54. The van der Waals surface area contributed by atoms with E-state index in [1.54, 1.807) is 4.31 Å². The highest BCUT2D eigenvalue weighted by Crippen LogP contribution is 2.20. The molecule has 1 aliphatic heterocycles. The molecular weight excluding hydrogens is 272 g/mol. The van der Waals surface area contributed by atoms with Crippen LogP contribution in [0.1, 0.15) is 31.2 Å². The molecule has 1 aliphatic rings. The van der Waals surface area contributed by atoms with Crippen molar-refractivity contribution in [3.05, 3.63) is 35.9 Å². The van der Waals surface area contributed by atoms with Gasteiger partial charge in [-0.05, 0) is 24.8 Å². The first kappa shape index (κ1) is 15.5. The van der Waals surface area contributed by atoms with Gasteiger partial charge in [0, 0.05) is 19.1 Å². The maximum Gasteiger partial charge on any atom is 0.214 e. The molecule has 1 aromatic carbocycles. The topological polar surface area (TPSA) is 63.4 Å². The van der Waals surface area contributed by atoms with Crippen molar-refractivity contribution in [3.63, 3.8) is 0 Å². The van der Waals surface area contributed by atoms with Crippen molar-refractivity contribution in [1.29, 1.82) is 0 Å². The van der Waals surface area contributed by atoms with E-state index in [0.29, 0.717) is 19.5 Å². The van der Waals surface area contributed by atoms with Gasteiger partial charge in [-0.25, -0.2) is 8.42 Å². The second kappa shape index (κ2) is 7.20. The molecule has 0 aliphatic carbocycles. The molecule has 112 valence electrons. The molecule has 2 N–H and O–H groups in total. The summed E-state index contributed by atoms with van der Waals surface area (Å²) >= 11 is 0. The van der Waals surface area contributed by atoms with Crippen LogP contribution in [0.15, 0.2) is 30.3 Å². The highest BCUT2D eigenvalue weighted by molar-refractivity contribution is 7.89. The summed E-state index contributed by atoms with van der Waals surface area (Å²) in [5.74, 6) is 0.174. The van der Waals surface area contributed by atoms with Gasteiger partial charge in [0.2, 0.25) is 10.0 Å². The molecule has 1 unspecified atom stereocenters. The molecule has 0 amide bonds. The molecule has 0 bridgehead atoms. The van der Waals surface area contributed by atoms with Crippen molar-refractivity contribution in [2.24, 2.45) is 5.73 Å². The molecule has 0 radical (unpaired) electrons. The Morgan fingerprint density at radius 2 is 1.90 bits per heavy atom. The third-order valence-corrected chi connectivity index (χ3v) is 5.86. The van der Waals surface area contributed by atoms with Crippen molar-refractivity contribution in [3.8, 4) is 0 Å². The molecule has 1 heterocycles. The van der Waals surface area contributed by atoms with Crippen molar-refractivity contribution >= 4 is 10.0 Å². The first-order valence-corrected chi connectivity index (χ1v) is 8.98. The molecule has 2 rings (SSSR count). The first-order valence-electron chi connectivity index (χ1n) is 7.37. The predicted molar refractivity (Wildman–Crippen MR) is 81.9 cm³/mol. The molecule has 1 fully saturated rings. The molecule has 5 heteroatoms. The number of aryl methyl sites for hydroxylation is 1. The lowest BCUT2D eigenvalue weighted by Gasteiger charge is -2.28. The minimum absolute atomic E-state index is 0.0155. The van der Waals surface area contributed by atoms with E-state index >= 15 is 0 Å². The highest BCUT2D eigenvalue weighted by atomic mass is 32.2. The Bertz CT molecular complexity index is 502. The van der Waals surface area contributed by atoms with E-state index in [1.165, 1.54) is 0 Å². The van der Waals surface area contributed by atoms with Crippen LogP contribution in [0.5, 0.6) is 0 Å². The summed E-state index contributed by atoms with van der Waals surface area (Å²) < 4.78 is 26.8. The summed E-state index contributed by atoms with van der Waals surface area (Å²) in [5, 5.41) is 0. The summed E-state index contributed by atoms with van der Waals surface area (Å²) in [7, 11) is -3.21. The Labute approximate surface area is 122 Å². The van der Waals surface area contributed by atoms with Crippen LogP contribution in [0.4, 0.5) is 0 Å². The third-order valence-electron chi connectivity index (χ3n) is 3.94. The van der Waals surface area contributed by atoms with Crippen molar-refractivity contribution in [1.82, 2.24) is 4.31 Å². The van der Waals surface area contributed by atoms with Crippen LogP contribution in [-0.4, -0.2) is 37.6 Å². The SMILES string of the molecule is NCC1CCCCCN1S(=O)(=O)CCc1ccccc1. The minimum atomic E-state index is -3.21. The standard InChI is InChI=1S/C15H24N2O2S/c16-13-15-9-5-2-6-11-17(15)20(18,19)12-10-14-7-3-1-4-8-14/h1,3-4,7-8,15H,2,5-6,9-13,16H2. The van der Waals surface area contributed by atoms with Gasteiger partial charge < -0.3 is 5.73 Å². The van der Waals surface area contributed by atoms with E-state index in [0.717, 1.165) is 31.2 Å². The molecule has 1 aromatic rings. The van der Waals surface area contributed by atoms with Gasteiger partial charge in [-0.1, -0.05) is 43.2 Å². The number of hydrogen-bond donors (Lipinski definition) is 1. The van der Waals surface area contributed by atoms with Crippen molar-refractivity contribution in [2.45, 2.75) is 38.1 Å². The molecule has 0 spiro atoms. The lowest BCUT2D eigenvalue weighted by atomic mass is 10.1. The number of hydrogen-bond acceptors (Lipinski definition) is 3. The highest BCUT2D eigenvalue weighted by Gasteiger charge is 2.29. The van der Waals surface area contributed by atoms with E-state index in [2.05, 4.69) is 0 Å². The molecule has 0 saturated carbocycles. The Morgan fingerprint density at radius 1 is 1.15 bits per heavy atom. The zero-order chi connectivity index (χ0) is 14.4. The molecule has 4 nitrogen and oxygen atoms in total. The number of nitrogens with two attached hydrogens (primary N) is 1. The third kappa shape index (κ3) is 4.04. The number of nitrogens with zero attached hydrogens (tertiary/aromatic N) is 1. The average molecular weight is 296 g/mol. The van der Waals surface area contributed by atoms with Crippen LogP contribution in [0, 0.1) is 0 Å². The van der Waals surface area contributed by atoms with Gasteiger partial charge in [0.15, 0.2) is 0 Å². The average Bonchev–Trinajstić information content (AvgIpc) is 2.72. The monoisotopic (exact) mass is 296 g/mol. The summed E-state index contributed by atoms with van der Waals surface area (Å²) in [5.41, 5.74) is 6.83. The summed E-state index contributed by atoms with van der Waals surface area (Å²) in [6, 6.07) is 9.75. The molecule has 1 saturated heterocycles. The van der Waals surface area contributed by atoms with Crippen molar-refractivity contribution < 1.29 is 8.42 Å². The predicted octanol–water partition coefficient (Wildman–Crippen LogP) is 1.76. The van der Waals surface area contributed by atoms with Crippen LogP contribution in [0.25, 0.3) is 0 Å². The normalized spacial score (nSPS) is 21.6. The molecule has 0 aromatic heterocycles. The van der Waals surface area contributed by atoms with Gasteiger partial charge in [-0.2, -0.15) is 4.31 Å². The smallest absolute Gasteiger partial charge is 0.214 e. The van der Waals surface area contributed by atoms with Crippen LogP contribution in [0.3, 0.4) is 0 Å².